The van der Waals surface area contributed by atoms with Gasteiger partial charge in [-0.2, -0.15) is 0 Å². The quantitative estimate of drug-likeness (QED) is 0.882. The van der Waals surface area contributed by atoms with Crippen molar-refractivity contribution in [1.82, 2.24) is 10.3 Å². The highest BCUT2D eigenvalue weighted by Crippen LogP contribution is 2.35. The summed E-state index contributed by atoms with van der Waals surface area (Å²) in [6.07, 6.45) is 2.33. The molecular formula is C17H18N2O3S. The minimum atomic E-state index is -0.885. The van der Waals surface area contributed by atoms with Crippen LogP contribution in [0.3, 0.4) is 0 Å². The summed E-state index contributed by atoms with van der Waals surface area (Å²) in [4.78, 5) is 27.8. The lowest BCUT2D eigenvalue weighted by Gasteiger charge is -2.41. The molecule has 3 rings (SSSR count). The molecule has 0 radical (unpaired) electrons. The summed E-state index contributed by atoms with van der Waals surface area (Å²) in [7, 11) is 0. The molecule has 120 valence electrons. The predicted molar refractivity (Wildman–Crippen MR) is 88.6 cm³/mol. The zero-order chi connectivity index (χ0) is 16.4. The second-order valence-electron chi connectivity index (χ2n) is 6.01. The zero-order valence-electron chi connectivity index (χ0n) is 12.8. The van der Waals surface area contributed by atoms with E-state index in [0.29, 0.717) is 18.5 Å². The van der Waals surface area contributed by atoms with Crippen LogP contribution >= 0.6 is 11.3 Å². The minimum Gasteiger partial charge on any atom is -0.481 e. The number of aryl methyl sites for hydroxylation is 1. The van der Waals surface area contributed by atoms with Crippen molar-refractivity contribution in [3.05, 3.63) is 40.9 Å². The number of benzene rings is 1. The van der Waals surface area contributed by atoms with E-state index in [-0.39, 0.29) is 12.3 Å². The summed E-state index contributed by atoms with van der Waals surface area (Å²) in [6.45, 7) is 2.01. The van der Waals surface area contributed by atoms with E-state index < -0.39 is 11.5 Å². The van der Waals surface area contributed by atoms with Crippen LogP contribution in [0.1, 0.15) is 41.7 Å². The minimum absolute atomic E-state index is 0.0342. The maximum Gasteiger partial charge on any atom is 0.305 e. The van der Waals surface area contributed by atoms with Crippen molar-refractivity contribution < 1.29 is 14.7 Å². The second-order valence-corrected chi connectivity index (χ2v) is 6.87. The first-order chi connectivity index (χ1) is 11.0. The van der Waals surface area contributed by atoms with Crippen LogP contribution in [0.5, 0.6) is 0 Å². The van der Waals surface area contributed by atoms with Gasteiger partial charge in [-0.3, -0.25) is 9.59 Å². The van der Waals surface area contributed by atoms with E-state index in [9.17, 15) is 9.59 Å². The zero-order valence-corrected chi connectivity index (χ0v) is 13.7. The maximum absolute atomic E-state index is 12.4. The van der Waals surface area contributed by atoms with E-state index >= 15 is 0 Å². The van der Waals surface area contributed by atoms with Gasteiger partial charge in [-0.1, -0.05) is 24.3 Å². The fourth-order valence-electron chi connectivity index (χ4n) is 2.86. The lowest BCUT2D eigenvalue weighted by molar-refractivity contribution is -0.139. The van der Waals surface area contributed by atoms with Gasteiger partial charge in [-0.05, 0) is 31.7 Å². The van der Waals surface area contributed by atoms with E-state index in [1.807, 2.05) is 31.2 Å². The Labute approximate surface area is 138 Å². The molecule has 2 aromatic rings. The molecule has 5 nitrogen and oxygen atoms in total. The van der Waals surface area contributed by atoms with Crippen LogP contribution in [0, 0.1) is 6.92 Å². The number of carboxylic acid groups (broad SMARTS) is 1. The van der Waals surface area contributed by atoms with Gasteiger partial charge in [0.2, 0.25) is 0 Å². The number of carbonyl (C=O) groups is 2. The molecule has 1 amide bonds. The molecule has 0 atom stereocenters. The highest BCUT2D eigenvalue weighted by Gasteiger charge is 2.40. The van der Waals surface area contributed by atoms with Gasteiger partial charge in [0.1, 0.15) is 10.7 Å². The summed E-state index contributed by atoms with van der Waals surface area (Å²) >= 11 is 1.42. The summed E-state index contributed by atoms with van der Waals surface area (Å²) < 4.78 is 0. The SMILES string of the molecule is Cc1ccccc1-c1nc(C(=O)NC2(CC(=O)O)CCC2)cs1. The lowest BCUT2D eigenvalue weighted by Crippen LogP contribution is -2.54. The van der Waals surface area contributed by atoms with E-state index in [1.165, 1.54) is 11.3 Å². The van der Waals surface area contributed by atoms with Crippen molar-refractivity contribution in [2.24, 2.45) is 0 Å². The topological polar surface area (TPSA) is 79.3 Å². The number of thiazole rings is 1. The molecule has 1 aliphatic rings. The number of carbonyl (C=O) groups excluding carboxylic acids is 1. The monoisotopic (exact) mass is 330 g/mol. The normalized spacial score (nSPS) is 15.7. The molecule has 0 bridgehead atoms. The molecule has 2 N–H and O–H groups in total. The summed E-state index contributed by atoms with van der Waals surface area (Å²) in [5.74, 6) is -1.18. The smallest absolute Gasteiger partial charge is 0.305 e. The molecule has 0 spiro atoms. The Morgan fingerprint density at radius 2 is 2.09 bits per heavy atom. The van der Waals surface area contributed by atoms with Crippen molar-refractivity contribution in [3.8, 4) is 10.6 Å². The Kier molecular flexibility index (Phi) is 4.17. The van der Waals surface area contributed by atoms with Gasteiger partial charge >= 0.3 is 5.97 Å². The Bertz CT molecular complexity index is 750. The molecule has 6 heteroatoms. The van der Waals surface area contributed by atoms with Gasteiger partial charge in [0.15, 0.2) is 0 Å². The largest absolute Gasteiger partial charge is 0.481 e. The van der Waals surface area contributed by atoms with Crippen molar-refractivity contribution in [1.29, 1.82) is 0 Å². The second kappa shape index (κ2) is 6.12. The van der Waals surface area contributed by atoms with E-state index in [2.05, 4.69) is 10.3 Å². The predicted octanol–water partition coefficient (Wildman–Crippen LogP) is 3.25. The van der Waals surface area contributed by atoms with Gasteiger partial charge < -0.3 is 10.4 Å². The Morgan fingerprint density at radius 1 is 1.35 bits per heavy atom. The van der Waals surface area contributed by atoms with Crippen LogP contribution in [0.4, 0.5) is 0 Å². The first-order valence-corrected chi connectivity index (χ1v) is 8.43. The lowest BCUT2D eigenvalue weighted by atomic mass is 9.74. The number of aromatic nitrogens is 1. The third-order valence-electron chi connectivity index (χ3n) is 4.29. The van der Waals surface area contributed by atoms with Crippen LogP contribution in [-0.4, -0.2) is 27.5 Å². The van der Waals surface area contributed by atoms with Crippen molar-refractivity contribution in [3.63, 3.8) is 0 Å². The van der Waals surface area contributed by atoms with Crippen LogP contribution < -0.4 is 5.32 Å². The Hall–Kier alpha value is -2.21. The molecule has 1 aromatic carbocycles. The van der Waals surface area contributed by atoms with Crippen LogP contribution in [0.25, 0.3) is 10.6 Å². The van der Waals surface area contributed by atoms with Crippen molar-refractivity contribution >= 4 is 23.2 Å². The average molecular weight is 330 g/mol. The molecule has 1 aromatic heterocycles. The first-order valence-electron chi connectivity index (χ1n) is 7.55. The molecule has 1 aliphatic carbocycles. The highest BCUT2D eigenvalue weighted by molar-refractivity contribution is 7.13. The summed E-state index contributed by atoms with van der Waals surface area (Å²) in [5, 5.41) is 14.4. The number of rotatable bonds is 5. The molecule has 1 saturated carbocycles. The molecule has 0 saturated heterocycles. The number of nitrogens with zero attached hydrogens (tertiary/aromatic N) is 1. The van der Waals surface area contributed by atoms with E-state index in [1.54, 1.807) is 5.38 Å². The van der Waals surface area contributed by atoms with Gasteiger partial charge in [-0.25, -0.2) is 4.98 Å². The Balaban J connectivity index is 1.76. The molecule has 0 unspecified atom stereocenters. The third-order valence-corrected chi connectivity index (χ3v) is 5.17. The number of amides is 1. The van der Waals surface area contributed by atoms with Gasteiger partial charge in [0, 0.05) is 10.9 Å². The summed E-state index contributed by atoms with van der Waals surface area (Å²) in [6, 6.07) is 7.90. The molecule has 0 aliphatic heterocycles. The van der Waals surface area contributed by atoms with E-state index in [4.69, 9.17) is 5.11 Å². The van der Waals surface area contributed by atoms with Gasteiger partial charge in [0.05, 0.1) is 12.0 Å². The third kappa shape index (κ3) is 3.27. The number of carboxylic acids is 1. The molecule has 1 fully saturated rings. The number of aliphatic carboxylic acids is 1. The van der Waals surface area contributed by atoms with Crippen LogP contribution in [-0.2, 0) is 4.79 Å². The average Bonchev–Trinajstić information content (AvgIpc) is 2.94. The van der Waals surface area contributed by atoms with Gasteiger partial charge in [-0.15, -0.1) is 11.3 Å². The first kappa shape index (κ1) is 15.7. The standard InChI is InChI=1S/C17H18N2O3S/c1-11-5-2-3-6-12(11)16-18-13(10-23-16)15(22)19-17(7-4-8-17)9-14(20)21/h2-3,5-6,10H,4,7-9H2,1H3,(H,19,22)(H,20,21). The maximum atomic E-state index is 12.4. The van der Waals surface area contributed by atoms with Crippen molar-refractivity contribution in [2.75, 3.05) is 0 Å². The van der Waals surface area contributed by atoms with Crippen LogP contribution in [0.2, 0.25) is 0 Å². The van der Waals surface area contributed by atoms with E-state index in [0.717, 1.165) is 22.6 Å². The van der Waals surface area contributed by atoms with Gasteiger partial charge in [0.25, 0.3) is 5.91 Å². The fraction of sp³-hybridized carbons (Fsp3) is 0.353. The molecule has 23 heavy (non-hydrogen) atoms. The summed E-state index contributed by atoms with van der Waals surface area (Å²) in [5.41, 5.74) is 1.87. The number of nitrogens with one attached hydrogen (secondary N) is 1. The fourth-order valence-corrected chi connectivity index (χ4v) is 3.75. The van der Waals surface area contributed by atoms with Crippen molar-refractivity contribution in [2.45, 2.75) is 38.1 Å². The highest BCUT2D eigenvalue weighted by atomic mass is 32.1. The number of hydrogen-bond acceptors (Lipinski definition) is 4. The molecule has 1 heterocycles. The van der Waals surface area contributed by atoms with Crippen LogP contribution in [0.15, 0.2) is 29.6 Å². The molecular weight excluding hydrogens is 312 g/mol. The Morgan fingerprint density at radius 3 is 2.70 bits per heavy atom. The number of hydrogen-bond donors (Lipinski definition) is 2.